The van der Waals surface area contributed by atoms with Gasteiger partial charge in [-0.25, -0.2) is 0 Å². The van der Waals surface area contributed by atoms with Crippen LogP contribution in [0.4, 0.5) is 0 Å². The molecule has 0 bridgehead atoms. The van der Waals surface area contributed by atoms with Crippen LogP contribution in [0.3, 0.4) is 0 Å². The summed E-state index contributed by atoms with van der Waals surface area (Å²) in [6.45, 7) is 4.36. The second-order valence-corrected chi connectivity index (χ2v) is 5.23. The highest BCUT2D eigenvalue weighted by Crippen LogP contribution is 2.37. The van der Waals surface area contributed by atoms with Crippen LogP contribution >= 0.6 is 0 Å². The molecule has 15 heavy (non-hydrogen) atoms. The summed E-state index contributed by atoms with van der Waals surface area (Å²) >= 11 is 0. The lowest BCUT2D eigenvalue weighted by atomic mass is 9.96. The molecular weight excluding hydrogens is 188 g/mol. The van der Waals surface area contributed by atoms with Crippen LogP contribution in [0.5, 0.6) is 0 Å². The Morgan fingerprint density at radius 2 is 2.13 bits per heavy atom. The summed E-state index contributed by atoms with van der Waals surface area (Å²) in [6, 6.07) is 1.70. The van der Waals surface area contributed by atoms with Crippen molar-refractivity contribution in [3.8, 4) is 0 Å². The fraction of sp³-hybridized carbons (Fsp3) is 1.00. The van der Waals surface area contributed by atoms with Crippen molar-refractivity contribution in [2.24, 2.45) is 11.7 Å². The average Bonchev–Trinajstić information content (AvgIpc) is 2.98. The van der Waals surface area contributed by atoms with Crippen LogP contribution in [0.2, 0.25) is 0 Å². The van der Waals surface area contributed by atoms with Crippen LogP contribution in [-0.4, -0.2) is 43.3 Å². The molecule has 3 atom stereocenters. The molecule has 2 rings (SSSR count). The molecule has 0 amide bonds. The first-order valence-electron chi connectivity index (χ1n) is 6.22. The van der Waals surface area contributed by atoms with Crippen molar-refractivity contribution in [3.05, 3.63) is 0 Å². The highest BCUT2D eigenvalue weighted by molar-refractivity contribution is 4.93. The van der Waals surface area contributed by atoms with Gasteiger partial charge in [0.25, 0.3) is 0 Å². The number of nitrogens with zero attached hydrogens (tertiary/aromatic N) is 1. The van der Waals surface area contributed by atoms with Gasteiger partial charge in [0.05, 0.1) is 6.61 Å². The predicted octanol–water partition coefficient (Wildman–Crippen LogP) is 1.22. The SMILES string of the molecule is COCC(C1CC1)N1CCC(N)CC1C. The van der Waals surface area contributed by atoms with Gasteiger partial charge in [0, 0.05) is 31.8 Å². The molecule has 0 aromatic rings. The maximum absolute atomic E-state index is 6.00. The van der Waals surface area contributed by atoms with Gasteiger partial charge in [-0.15, -0.1) is 0 Å². The summed E-state index contributed by atoms with van der Waals surface area (Å²) in [5.74, 6) is 0.890. The molecule has 2 aliphatic rings. The third kappa shape index (κ3) is 2.71. The maximum atomic E-state index is 6.00. The maximum Gasteiger partial charge on any atom is 0.0620 e. The van der Waals surface area contributed by atoms with E-state index in [2.05, 4.69) is 11.8 Å². The molecular formula is C12H24N2O. The van der Waals surface area contributed by atoms with E-state index in [-0.39, 0.29) is 0 Å². The van der Waals surface area contributed by atoms with E-state index in [0.29, 0.717) is 18.1 Å². The van der Waals surface area contributed by atoms with E-state index in [9.17, 15) is 0 Å². The van der Waals surface area contributed by atoms with Gasteiger partial charge < -0.3 is 10.5 Å². The fourth-order valence-electron chi connectivity index (χ4n) is 2.87. The number of nitrogens with two attached hydrogens (primary N) is 1. The van der Waals surface area contributed by atoms with Crippen molar-refractivity contribution >= 4 is 0 Å². The lowest BCUT2D eigenvalue weighted by molar-refractivity contribution is 0.0311. The monoisotopic (exact) mass is 212 g/mol. The van der Waals surface area contributed by atoms with E-state index >= 15 is 0 Å². The minimum Gasteiger partial charge on any atom is -0.383 e. The zero-order chi connectivity index (χ0) is 10.8. The zero-order valence-corrected chi connectivity index (χ0v) is 9.98. The molecule has 2 N–H and O–H groups in total. The Morgan fingerprint density at radius 3 is 2.67 bits per heavy atom. The van der Waals surface area contributed by atoms with Crippen LogP contribution in [-0.2, 0) is 4.74 Å². The first kappa shape index (κ1) is 11.4. The molecule has 0 aromatic heterocycles. The number of likely N-dealkylation sites (tertiary alicyclic amines) is 1. The molecule has 3 heteroatoms. The largest absolute Gasteiger partial charge is 0.383 e. The zero-order valence-electron chi connectivity index (χ0n) is 9.98. The molecule has 3 unspecified atom stereocenters. The van der Waals surface area contributed by atoms with Crippen molar-refractivity contribution < 1.29 is 4.74 Å². The van der Waals surface area contributed by atoms with Crippen LogP contribution in [0.15, 0.2) is 0 Å². The molecule has 1 aliphatic carbocycles. The Bertz CT molecular complexity index is 206. The highest BCUT2D eigenvalue weighted by Gasteiger charge is 2.38. The van der Waals surface area contributed by atoms with Gasteiger partial charge in [0.2, 0.25) is 0 Å². The molecule has 0 aromatic carbocycles. The first-order valence-corrected chi connectivity index (χ1v) is 6.22. The minimum atomic E-state index is 0.415. The van der Waals surface area contributed by atoms with Crippen molar-refractivity contribution in [2.75, 3.05) is 20.3 Å². The summed E-state index contributed by atoms with van der Waals surface area (Å²) in [5, 5.41) is 0. The Balaban J connectivity index is 1.93. The van der Waals surface area contributed by atoms with Gasteiger partial charge in [-0.3, -0.25) is 4.90 Å². The second-order valence-electron chi connectivity index (χ2n) is 5.23. The number of ether oxygens (including phenoxy) is 1. The van der Waals surface area contributed by atoms with E-state index in [1.807, 2.05) is 7.11 Å². The van der Waals surface area contributed by atoms with Crippen LogP contribution in [0, 0.1) is 5.92 Å². The molecule has 3 nitrogen and oxygen atoms in total. The van der Waals surface area contributed by atoms with Crippen molar-refractivity contribution in [1.29, 1.82) is 0 Å². The highest BCUT2D eigenvalue weighted by atomic mass is 16.5. The Morgan fingerprint density at radius 1 is 1.40 bits per heavy atom. The Labute approximate surface area is 93.0 Å². The summed E-state index contributed by atoms with van der Waals surface area (Å²) < 4.78 is 5.36. The van der Waals surface area contributed by atoms with Crippen LogP contribution in [0.25, 0.3) is 0 Å². The number of hydrogen-bond donors (Lipinski definition) is 1. The molecule has 88 valence electrons. The molecule has 1 aliphatic heterocycles. The van der Waals surface area contributed by atoms with Gasteiger partial charge >= 0.3 is 0 Å². The molecule has 1 heterocycles. The average molecular weight is 212 g/mol. The molecule has 0 spiro atoms. The molecule has 0 radical (unpaired) electrons. The molecule has 1 saturated heterocycles. The second kappa shape index (κ2) is 4.81. The lowest BCUT2D eigenvalue weighted by Crippen LogP contribution is -2.52. The van der Waals surface area contributed by atoms with Crippen molar-refractivity contribution in [3.63, 3.8) is 0 Å². The van der Waals surface area contributed by atoms with Gasteiger partial charge in [-0.1, -0.05) is 0 Å². The van der Waals surface area contributed by atoms with E-state index in [1.54, 1.807) is 0 Å². The smallest absolute Gasteiger partial charge is 0.0620 e. The van der Waals surface area contributed by atoms with Crippen LogP contribution in [0.1, 0.15) is 32.6 Å². The third-order valence-corrected chi connectivity index (χ3v) is 3.90. The summed E-state index contributed by atoms with van der Waals surface area (Å²) in [4.78, 5) is 2.63. The standard InChI is InChI=1S/C12H24N2O/c1-9-7-11(13)5-6-14(9)12(8-15-2)10-3-4-10/h9-12H,3-8,13H2,1-2H3. The summed E-state index contributed by atoms with van der Waals surface area (Å²) in [7, 11) is 1.82. The number of methoxy groups -OCH3 is 1. The van der Waals surface area contributed by atoms with Crippen LogP contribution < -0.4 is 5.73 Å². The molecule has 1 saturated carbocycles. The number of piperidine rings is 1. The van der Waals surface area contributed by atoms with Crippen molar-refractivity contribution in [1.82, 2.24) is 4.90 Å². The van der Waals surface area contributed by atoms with Gasteiger partial charge in [0.15, 0.2) is 0 Å². The van der Waals surface area contributed by atoms with E-state index < -0.39 is 0 Å². The third-order valence-electron chi connectivity index (χ3n) is 3.90. The predicted molar refractivity (Wildman–Crippen MR) is 61.8 cm³/mol. The first-order chi connectivity index (χ1) is 7.22. The quantitative estimate of drug-likeness (QED) is 0.761. The number of hydrogen-bond acceptors (Lipinski definition) is 3. The van der Waals surface area contributed by atoms with Gasteiger partial charge in [0.1, 0.15) is 0 Å². The molecule has 2 fully saturated rings. The normalized spacial score (nSPS) is 35.4. The minimum absolute atomic E-state index is 0.415. The number of rotatable bonds is 4. The van der Waals surface area contributed by atoms with Gasteiger partial charge in [-0.05, 0) is 38.5 Å². The van der Waals surface area contributed by atoms with E-state index in [0.717, 1.165) is 31.9 Å². The van der Waals surface area contributed by atoms with Crippen molar-refractivity contribution in [2.45, 2.75) is 50.7 Å². The summed E-state index contributed by atoms with van der Waals surface area (Å²) in [6.07, 6.45) is 5.08. The summed E-state index contributed by atoms with van der Waals surface area (Å²) in [5.41, 5.74) is 6.00. The Kier molecular flexibility index (Phi) is 3.65. The lowest BCUT2D eigenvalue weighted by Gasteiger charge is -2.41. The topological polar surface area (TPSA) is 38.5 Å². The Hall–Kier alpha value is -0.120. The van der Waals surface area contributed by atoms with Gasteiger partial charge in [-0.2, -0.15) is 0 Å². The van der Waals surface area contributed by atoms with E-state index in [4.69, 9.17) is 10.5 Å². The fourth-order valence-corrected chi connectivity index (χ4v) is 2.87. The van der Waals surface area contributed by atoms with E-state index in [1.165, 1.54) is 12.8 Å².